The molecule has 0 saturated heterocycles. The van der Waals surface area contributed by atoms with Crippen LogP contribution in [0.15, 0.2) is 53.5 Å². The number of hydrogen-bond donors (Lipinski definition) is 2. The molecule has 0 unspecified atom stereocenters. The molecule has 0 saturated carbocycles. The Bertz CT molecular complexity index is 689. The summed E-state index contributed by atoms with van der Waals surface area (Å²) < 4.78 is 0. The number of halogens is 2. The third-order valence-corrected chi connectivity index (χ3v) is 3.86. The lowest BCUT2D eigenvalue weighted by Gasteiger charge is -2.16. The summed E-state index contributed by atoms with van der Waals surface area (Å²) >= 11 is 6.02. The molecule has 0 aliphatic rings. The average molecular weight is 473 g/mol. The van der Waals surface area contributed by atoms with Gasteiger partial charge < -0.3 is 15.5 Å². The molecule has 0 spiro atoms. The summed E-state index contributed by atoms with van der Waals surface area (Å²) in [6.07, 6.45) is 0. The van der Waals surface area contributed by atoms with Crippen LogP contribution in [0.5, 0.6) is 0 Å². The van der Waals surface area contributed by atoms with Crippen LogP contribution >= 0.6 is 35.6 Å². The fourth-order valence-corrected chi connectivity index (χ4v) is 2.67. The predicted octanol–water partition coefficient (Wildman–Crippen LogP) is 3.88. The number of nitrogens with one attached hydrogen (secondary N) is 2. The Balaban J connectivity index is 0.00000312. The third-order valence-electron chi connectivity index (χ3n) is 3.62. The van der Waals surface area contributed by atoms with E-state index < -0.39 is 0 Å². The predicted molar refractivity (Wildman–Crippen MR) is 118 cm³/mol. The molecular weight excluding hydrogens is 447 g/mol. The van der Waals surface area contributed by atoms with Crippen LogP contribution in [0.1, 0.15) is 16.7 Å². The van der Waals surface area contributed by atoms with Gasteiger partial charge in [0.1, 0.15) is 0 Å². The lowest BCUT2D eigenvalue weighted by molar-refractivity contribution is 0.400. The third kappa shape index (κ3) is 7.63. The van der Waals surface area contributed by atoms with E-state index in [-0.39, 0.29) is 24.0 Å². The molecule has 2 rings (SSSR count). The fourth-order valence-electron chi connectivity index (χ4n) is 2.46. The van der Waals surface area contributed by atoms with Crippen LogP contribution < -0.4 is 10.6 Å². The lowest BCUT2D eigenvalue weighted by atomic mass is 10.1. The topological polar surface area (TPSA) is 39.7 Å². The maximum Gasteiger partial charge on any atom is 0.191 e. The molecular formula is C19H26ClIN4. The highest BCUT2D eigenvalue weighted by Crippen LogP contribution is 2.11. The van der Waals surface area contributed by atoms with Gasteiger partial charge in [-0.1, -0.05) is 48.0 Å². The summed E-state index contributed by atoms with van der Waals surface area (Å²) in [6.45, 7) is 2.34. The molecule has 0 amide bonds. The molecule has 25 heavy (non-hydrogen) atoms. The van der Waals surface area contributed by atoms with E-state index in [0.29, 0.717) is 6.54 Å². The summed E-state index contributed by atoms with van der Waals surface area (Å²) in [6, 6.07) is 16.3. The molecule has 0 aliphatic carbocycles. The van der Waals surface area contributed by atoms with Crippen LogP contribution in [0.2, 0.25) is 5.02 Å². The second-order valence-electron chi connectivity index (χ2n) is 5.92. The van der Waals surface area contributed by atoms with Gasteiger partial charge in [0.25, 0.3) is 0 Å². The Labute approximate surface area is 172 Å². The first-order valence-corrected chi connectivity index (χ1v) is 8.36. The minimum Gasteiger partial charge on any atom is -0.352 e. The van der Waals surface area contributed by atoms with E-state index in [1.54, 1.807) is 7.05 Å². The van der Waals surface area contributed by atoms with Gasteiger partial charge in [0.05, 0.1) is 0 Å². The van der Waals surface area contributed by atoms with Crippen molar-refractivity contribution in [3.05, 3.63) is 70.2 Å². The first-order chi connectivity index (χ1) is 11.6. The van der Waals surface area contributed by atoms with Crippen molar-refractivity contribution in [1.82, 2.24) is 15.5 Å². The molecule has 6 heteroatoms. The second-order valence-corrected chi connectivity index (χ2v) is 6.35. The average Bonchev–Trinajstić information content (AvgIpc) is 2.56. The van der Waals surface area contributed by atoms with Gasteiger partial charge >= 0.3 is 0 Å². The number of aliphatic imine (C=N–C) groups is 1. The van der Waals surface area contributed by atoms with Crippen LogP contribution in [-0.2, 0) is 19.6 Å². The summed E-state index contributed by atoms with van der Waals surface area (Å²) in [4.78, 5) is 6.45. The summed E-state index contributed by atoms with van der Waals surface area (Å²) in [5.41, 5.74) is 3.72. The maximum atomic E-state index is 6.02. The van der Waals surface area contributed by atoms with Gasteiger partial charge in [0.15, 0.2) is 5.96 Å². The number of benzene rings is 2. The van der Waals surface area contributed by atoms with E-state index in [9.17, 15) is 0 Å². The van der Waals surface area contributed by atoms with E-state index in [1.165, 1.54) is 11.1 Å². The molecule has 0 fully saturated rings. The van der Waals surface area contributed by atoms with E-state index in [1.807, 2.05) is 24.3 Å². The molecule has 0 heterocycles. The van der Waals surface area contributed by atoms with Gasteiger partial charge in [-0.3, -0.25) is 4.99 Å². The largest absolute Gasteiger partial charge is 0.352 e. The van der Waals surface area contributed by atoms with Crippen LogP contribution in [0.3, 0.4) is 0 Å². The van der Waals surface area contributed by atoms with Crippen molar-refractivity contribution >= 4 is 41.5 Å². The molecule has 0 aliphatic heterocycles. The smallest absolute Gasteiger partial charge is 0.191 e. The highest BCUT2D eigenvalue weighted by atomic mass is 127. The molecule has 2 aromatic rings. The summed E-state index contributed by atoms with van der Waals surface area (Å²) in [5, 5.41) is 7.43. The van der Waals surface area contributed by atoms with Crippen LogP contribution in [0, 0.1) is 0 Å². The molecule has 136 valence electrons. The summed E-state index contributed by atoms with van der Waals surface area (Å²) in [5.74, 6) is 0.773. The molecule has 0 radical (unpaired) electrons. The first kappa shape index (κ1) is 21.7. The minimum atomic E-state index is 0. The van der Waals surface area contributed by atoms with Gasteiger partial charge in [-0.2, -0.15) is 0 Å². The van der Waals surface area contributed by atoms with Crippen LogP contribution in [0.4, 0.5) is 0 Å². The summed E-state index contributed by atoms with van der Waals surface area (Å²) in [7, 11) is 5.93. The van der Waals surface area contributed by atoms with Crippen molar-refractivity contribution in [3.8, 4) is 0 Å². The maximum absolute atomic E-state index is 6.02. The van der Waals surface area contributed by atoms with Gasteiger partial charge in [-0.25, -0.2) is 0 Å². The Kier molecular flexibility index (Phi) is 9.85. The van der Waals surface area contributed by atoms with Gasteiger partial charge in [0, 0.05) is 31.7 Å². The second kappa shape index (κ2) is 11.3. The lowest BCUT2D eigenvalue weighted by Crippen LogP contribution is -2.36. The zero-order valence-electron chi connectivity index (χ0n) is 14.9. The Hall–Kier alpha value is -1.31. The van der Waals surface area contributed by atoms with E-state index in [0.717, 1.165) is 29.6 Å². The van der Waals surface area contributed by atoms with Crippen LogP contribution in [-0.4, -0.2) is 32.0 Å². The molecule has 0 bridgehead atoms. The Morgan fingerprint density at radius 2 is 1.68 bits per heavy atom. The normalized spacial score (nSPS) is 11.2. The first-order valence-electron chi connectivity index (χ1n) is 7.99. The highest BCUT2D eigenvalue weighted by Gasteiger charge is 2.04. The number of nitrogens with zero attached hydrogens (tertiary/aromatic N) is 2. The molecule has 2 N–H and O–H groups in total. The fraction of sp³-hybridized carbons (Fsp3) is 0.316. The SMILES string of the molecule is CN=C(NCc1cccc(Cl)c1)NCc1ccccc1CN(C)C.I. The number of rotatable bonds is 6. The number of hydrogen-bond acceptors (Lipinski definition) is 2. The van der Waals surface area contributed by atoms with E-state index in [2.05, 4.69) is 58.9 Å². The minimum absolute atomic E-state index is 0. The Morgan fingerprint density at radius 1 is 1.00 bits per heavy atom. The molecule has 4 nitrogen and oxygen atoms in total. The van der Waals surface area contributed by atoms with Gasteiger partial charge in [0.2, 0.25) is 0 Å². The number of guanidine groups is 1. The van der Waals surface area contributed by atoms with Crippen molar-refractivity contribution in [3.63, 3.8) is 0 Å². The van der Waals surface area contributed by atoms with Crippen molar-refractivity contribution in [2.24, 2.45) is 4.99 Å². The van der Waals surface area contributed by atoms with Crippen molar-refractivity contribution in [2.45, 2.75) is 19.6 Å². The van der Waals surface area contributed by atoms with Gasteiger partial charge in [-0.15, -0.1) is 24.0 Å². The quantitative estimate of drug-likeness (QED) is 0.381. The monoisotopic (exact) mass is 472 g/mol. The van der Waals surface area contributed by atoms with E-state index in [4.69, 9.17) is 11.6 Å². The van der Waals surface area contributed by atoms with Crippen molar-refractivity contribution in [2.75, 3.05) is 21.1 Å². The molecule has 0 aromatic heterocycles. The van der Waals surface area contributed by atoms with Crippen LogP contribution in [0.25, 0.3) is 0 Å². The van der Waals surface area contributed by atoms with Crippen molar-refractivity contribution in [1.29, 1.82) is 0 Å². The Morgan fingerprint density at radius 3 is 2.32 bits per heavy atom. The molecule has 0 atom stereocenters. The van der Waals surface area contributed by atoms with Crippen molar-refractivity contribution < 1.29 is 0 Å². The van der Waals surface area contributed by atoms with E-state index >= 15 is 0 Å². The molecule has 2 aromatic carbocycles. The zero-order chi connectivity index (χ0) is 17.4. The highest BCUT2D eigenvalue weighted by molar-refractivity contribution is 14.0. The standard InChI is InChI=1S/C19H25ClN4.HI/c1-21-19(22-12-15-7-6-10-18(20)11-15)23-13-16-8-4-5-9-17(16)14-24(2)3;/h4-11H,12-14H2,1-3H3,(H2,21,22,23);1H. The van der Waals surface area contributed by atoms with Gasteiger partial charge in [-0.05, 0) is 42.9 Å². The zero-order valence-corrected chi connectivity index (χ0v) is 18.0.